The van der Waals surface area contributed by atoms with E-state index in [2.05, 4.69) is 24.2 Å². The third kappa shape index (κ3) is 3.36. The molecule has 2 N–H and O–H groups in total. The van der Waals surface area contributed by atoms with Crippen molar-refractivity contribution in [2.75, 3.05) is 7.11 Å². The number of thiazole rings is 1. The van der Waals surface area contributed by atoms with Gasteiger partial charge in [0.05, 0.1) is 10.6 Å². The lowest BCUT2D eigenvalue weighted by Gasteiger charge is -2.45. The molecule has 0 radical (unpaired) electrons. The molecule has 1 unspecified atom stereocenters. The van der Waals surface area contributed by atoms with Crippen LogP contribution in [0.5, 0.6) is 0 Å². The summed E-state index contributed by atoms with van der Waals surface area (Å²) in [4.78, 5) is 4.52. The van der Waals surface area contributed by atoms with Crippen LogP contribution in [0.1, 0.15) is 50.2 Å². The topological polar surface area (TPSA) is 48.1 Å². The minimum absolute atomic E-state index is 0.0409. The molecule has 1 aromatic heterocycles. The molecular weight excluding hydrogens is 256 g/mol. The normalized spacial score (nSPS) is 23.2. The molecule has 108 valence electrons. The average Bonchev–Trinajstić information content (AvgIpc) is 2.75. The van der Waals surface area contributed by atoms with Gasteiger partial charge in [0.25, 0.3) is 0 Å². The third-order valence-corrected chi connectivity index (χ3v) is 5.58. The van der Waals surface area contributed by atoms with Gasteiger partial charge in [-0.1, -0.05) is 13.8 Å². The molecule has 0 amide bonds. The zero-order chi connectivity index (χ0) is 14.1. The maximum Gasteiger partial charge on any atom is 0.0944 e. The van der Waals surface area contributed by atoms with E-state index < -0.39 is 0 Å². The van der Waals surface area contributed by atoms with Crippen molar-refractivity contribution >= 4 is 11.3 Å². The first-order valence-corrected chi connectivity index (χ1v) is 7.97. The summed E-state index contributed by atoms with van der Waals surface area (Å²) in [5.41, 5.74) is 7.82. The third-order valence-electron chi connectivity index (χ3n) is 4.59. The van der Waals surface area contributed by atoms with Crippen molar-refractivity contribution < 1.29 is 4.74 Å². The highest BCUT2D eigenvalue weighted by Crippen LogP contribution is 2.43. The van der Waals surface area contributed by atoms with E-state index in [1.165, 1.54) is 12.8 Å². The summed E-state index contributed by atoms with van der Waals surface area (Å²) < 4.78 is 5.86. The summed E-state index contributed by atoms with van der Waals surface area (Å²) in [6, 6.07) is 0.0409. The predicted molar refractivity (Wildman–Crippen MR) is 80.5 cm³/mol. The first-order valence-electron chi connectivity index (χ1n) is 7.09. The van der Waals surface area contributed by atoms with E-state index in [9.17, 15) is 0 Å². The van der Waals surface area contributed by atoms with Gasteiger partial charge in [-0.25, -0.2) is 4.98 Å². The molecule has 1 aromatic rings. The Balaban J connectivity index is 2.05. The number of rotatable bonds is 4. The Morgan fingerprint density at radius 1 is 1.37 bits per heavy atom. The first-order chi connectivity index (χ1) is 8.87. The molecule has 19 heavy (non-hydrogen) atoms. The van der Waals surface area contributed by atoms with Gasteiger partial charge in [0, 0.05) is 30.6 Å². The molecule has 0 spiro atoms. The Labute approximate surface area is 120 Å². The maximum atomic E-state index is 6.47. The predicted octanol–water partition coefficient (Wildman–Crippen LogP) is 3.31. The summed E-state index contributed by atoms with van der Waals surface area (Å²) in [5.74, 6) is 0. The zero-order valence-corrected chi connectivity index (χ0v) is 13.3. The van der Waals surface area contributed by atoms with Crippen molar-refractivity contribution in [2.45, 2.75) is 64.5 Å². The van der Waals surface area contributed by atoms with Crippen LogP contribution in [0.3, 0.4) is 0 Å². The molecule has 0 aromatic carbocycles. The van der Waals surface area contributed by atoms with Crippen LogP contribution in [0.15, 0.2) is 5.38 Å². The second kappa shape index (κ2) is 5.51. The van der Waals surface area contributed by atoms with E-state index >= 15 is 0 Å². The standard InChI is InChI=1S/C15H26N2OS/c1-11-10-19-13(17-11)9-12(16)15(18-4)7-5-14(2,3)6-8-15/h10,12H,5-9,16H2,1-4H3. The van der Waals surface area contributed by atoms with Gasteiger partial charge in [-0.2, -0.15) is 0 Å². The number of nitrogens with two attached hydrogens (primary N) is 1. The fraction of sp³-hybridized carbons (Fsp3) is 0.800. The van der Waals surface area contributed by atoms with E-state index in [-0.39, 0.29) is 11.6 Å². The summed E-state index contributed by atoms with van der Waals surface area (Å²) in [5, 5.41) is 3.22. The van der Waals surface area contributed by atoms with Crippen LogP contribution in [0.2, 0.25) is 0 Å². The Kier molecular flexibility index (Phi) is 4.33. The quantitative estimate of drug-likeness (QED) is 0.921. The van der Waals surface area contributed by atoms with Gasteiger partial charge in [-0.05, 0) is 38.0 Å². The second-order valence-electron chi connectivity index (χ2n) is 6.63. The molecule has 0 bridgehead atoms. The van der Waals surface area contributed by atoms with Crippen LogP contribution in [0.4, 0.5) is 0 Å². The minimum Gasteiger partial charge on any atom is -0.377 e. The first kappa shape index (κ1) is 14.9. The highest BCUT2D eigenvalue weighted by Gasteiger charge is 2.42. The molecular formula is C15H26N2OS. The molecule has 3 nitrogen and oxygen atoms in total. The molecule has 1 aliphatic rings. The van der Waals surface area contributed by atoms with Crippen molar-refractivity contribution in [1.29, 1.82) is 0 Å². The lowest BCUT2D eigenvalue weighted by Crippen LogP contribution is -2.53. The molecule has 4 heteroatoms. The monoisotopic (exact) mass is 282 g/mol. The Bertz CT molecular complexity index is 418. The number of methoxy groups -OCH3 is 1. The number of nitrogens with zero attached hydrogens (tertiary/aromatic N) is 1. The van der Waals surface area contributed by atoms with Gasteiger partial charge in [-0.3, -0.25) is 0 Å². The number of aromatic nitrogens is 1. The molecule has 1 atom stereocenters. The fourth-order valence-corrected chi connectivity index (χ4v) is 3.78. The molecule has 1 fully saturated rings. The van der Waals surface area contributed by atoms with Crippen molar-refractivity contribution in [3.8, 4) is 0 Å². The van der Waals surface area contributed by atoms with Gasteiger partial charge >= 0.3 is 0 Å². The van der Waals surface area contributed by atoms with Crippen molar-refractivity contribution in [1.82, 2.24) is 4.98 Å². The van der Waals surface area contributed by atoms with E-state index in [1.807, 2.05) is 14.0 Å². The van der Waals surface area contributed by atoms with Crippen molar-refractivity contribution in [3.63, 3.8) is 0 Å². The smallest absolute Gasteiger partial charge is 0.0944 e. The van der Waals surface area contributed by atoms with Gasteiger partial charge in [-0.15, -0.1) is 11.3 Å². The van der Waals surface area contributed by atoms with E-state index in [1.54, 1.807) is 11.3 Å². The molecule has 1 heterocycles. The summed E-state index contributed by atoms with van der Waals surface area (Å²) in [6.07, 6.45) is 5.31. The van der Waals surface area contributed by atoms with Crippen molar-refractivity contribution in [3.05, 3.63) is 16.1 Å². The lowest BCUT2D eigenvalue weighted by molar-refractivity contribution is -0.0781. The molecule has 0 saturated heterocycles. The second-order valence-corrected chi connectivity index (χ2v) is 7.57. The summed E-state index contributed by atoms with van der Waals surface area (Å²) in [7, 11) is 1.81. The van der Waals surface area contributed by atoms with Crippen LogP contribution < -0.4 is 5.73 Å². The highest BCUT2D eigenvalue weighted by molar-refractivity contribution is 7.09. The Morgan fingerprint density at radius 3 is 2.47 bits per heavy atom. The van der Waals surface area contributed by atoms with Gasteiger partial charge in [0.2, 0.25) is 0 Å². The fourth-order valence-electron chi connectivity index (χ4n) is 2.95. The van der Waals surface area contributed by atoms with Crippen LogP contribution in [0, 0.1) is 12.3 Å². The Morgan fingerprint density at radius 2 is 2.00 bits per heavy atom. The maximum absolute atomic E-state index is 6.47. The zero-order valence-electron chi connectivity index (χ0n) is 12.5. The average molecular weight is 282 g/mol. The van der Waals surface area contributed by atoms with Crippen molar-refractivity contribution in [2.24, 2.45) is 11.1 Å². The molecule has 0 aliphatic heterocycles. The van der Waals surface area contributed by atoms with Gasteiger partial charge in [0.1, 0.15) is 0 Å². The molecule has 2 rings (SSSR count). The number of hydrogen-bond acceptors (Lipinski definition) is 4. The van der Waals surface area contributed by atoms with Gasteiger partial charge in [0.15, 0.2) is 0 Å². The largest absolute Gasteiger partial charge is 0.377 e. The summed E-state index contributed by atoms with van der Waals surface area (Å²) >= 11 is 1.70. The SMILES string of the molecule is COC1(C(N)Cc2nc(C)cs2)CCC(C)(C)CC1. The Hall–Kier alpha value is -0.450. The number of aryl methyl sites for hydroxylation is 1. The number of ether oxygens (including phenoxy) is 1. The molecule has 1 aliphatic carbocycles. The van der Waals surface area contributed by atoms with Crippen LogP contribution in [0.25, 0.3) is 0 Å². The van der Waals surface area contributed by atoms with Gasteiger partial charge < -0.3 is 10.5 Å². The highest BCUT2D eigenvalue weighted by atomic mass is 32.1. The van der Waals surface area contributed by atoms with Crippen LogP contribution in [-0.4, -0.2) is 23.7 Å². The lowest BCUT2D eigenvalue weighted by atomic mass is 9.68. The summed E-state index contributed by atoms with van der Waals surface area (Å²) in [6.45, 7) is 6.70. The van der Waals surface area contributed by atoms with E-state index in [0.29, 0.717) is 5.41 Å². The minimum atomic E-state index is -0.158. The molecule has 1 saturated carbocycles. The van der Waals surface area contributed by atoms with Crippen LogP contribution >= 0.6 is 11.3 Å². The van der Waals surface area contributed by atoms with E-state index in [0.717, 1.165) is 30.0 Å². The van der Waals surface area contributed by atoms with Crippen LogP contribution in [-0.2, 0) is 11.2 Å². The number of hydrogen-bond donors (Lipinski definition) is 1. The van der Waals surface area contributed by atoms with E-state index in [4.69, 9.17) is 10.5 Å².